The van der Waals surface area contributed by atoms with E-state index in [1.54, 1.807) is 0 Å². The normalized spacial score (nSPS) is 30.7. The number of aliphatic hydroxyl groups excluding tert-OH is 1. The average Bonchev–Trinajstić information content (AvgIpc) is 1.82. The van der Waals surface area contributed by atoms with Crippen LogP contribution in [0.1, 0.15) is 33.6 Å². The van der Waals surface area contributed by atoms with Gasteiger partial charge in [-0.05, 0) is 26.2 Å². The summed E-state index contributed by atoms with van der Waals surface area (Å²) in [7, 11) is 0. The molecule has 0 bridgehead atoms. The molecule has 2 nitrogen and oxygen atoms in total. The molecule has 1 unspecified atom stereocenters. The van der Waals surface area contributed by atoms with Crippen molar-refractivity contribution in [1.29, 1.82) is 0 Å². The van der Waals surface area contributed by atoms with Gasteiger partial charge in [-0.15, -0.1) is 0 Å². The lowest BCUT2D eigenvalue weighted by Crippen LogP contribution is -2.29. The Hall–Kier alpha value is -0.630. The van der Waals surface area contributed by atoms with E-state index in [9.17, 15) is 9.90 Å². The van der Waals surface area contributed by atoms with Crippen molar-refractivity contribution in [1.82, 2.24) is 0 Å². The lowest BCUT2D eigenvalue weighted by Gasteiger charge is -2.25. The van der Waals surface area contributed by atoms with Crippen molar-refractivity contribution in [2.75, 3.05) is 0 Å². The molecule has 1 aliphatic carbocycles. The van der Waals surface area contributed by atoms with Crippen molar-refractivity contribution in [2.24, 2.45) is 5.92 Å². The molecule has 1 saturated carbocycles. The van der Waals surface area contributed by atoms with Crippen molar-refractivity contribution in [3.63, 3.8) is 0 Å². The van der Waals surface area contributed by atoms with E-state index in [2.05, 4.69) is 0 Å². The number of aliphatic hydroxyl groups is 1. The van der Waals surface area contributed by atoms with Crippen LogP contribution in [0, 0.1) is 5.92 Å². The molecule has 1 fully saturated rings. The predicted molar refractivity (Wildman–Crippen MR) is 47.8 cm³/mol. The molecule has 0 aliphatic heterocycles. The minimum absolute atomic E-state index is 0.126. The number of hydrogen-bond acceptors (Lipinski definition) is 2. The Morgan fingerprint density at radius 3 is 2.50 bits per heavy atom. The maximum Gasteiger partial charge on any atom is 0.161 e. The average molecular weight is 168 g/mol. The van der Waals surface area contributed by atoms with Gasteiger partial charge in [0.1, 0.15) is 0 Å². The van der Waals surface area contributed by atoms with E-state index in [4.69, 9.17) is 0 Å². The van der Waals surface area contributed by atoms with Gasteiger partial charge < -0.3 is 5.11 Å². The second kappa shape index (κ2) is 3.40. The van der Waals surface area contributed by atoms with Crippen LogP contribution in [0.15, 0.2) is 11.1 Å². The molecular formula is C10H16O2. The van der Waals surface area contributed by atoms with Crippen molar-refractivity contribution < 1.29 is 9.90 Å². The van der Waals surface area contributed by atoms with Gasteiger partial charge in [0.15, 0.2) is 5.78 Å². The molecule has 2 heteroatoms. The molecule has 0 spiro atoms. The van der Waals surface area contributed by atoms with Crippen molar-refractivity contribution in [2.45, 2.75) is 39.7 Å². The summed E-state index contributed by atoms with van der Waals surface area (Å²) in [5.74, 6) is 0.455. The molecule has 0 aromatic rings. The lowest BCUT2D eigenvalue weighted by molar-refractivity contribution is -0.119. The van der Waals surface area contributed by atoms with Crippen LogP contribution in [0.4, 0.5) is 0 Å². The predicted octanol–water partition coefficient (Wildman–Crippen LogP) is 1.68. The summed E-state index contributed by atoms with van der Waals surface area (Å²) in [4.78, 5) is 11.4. The van der Waals surface area contributed by atoms with E-state index < -0.39 is 6.10 Å². The van der Waals surface area contributed by atoms with Gasteiger partial charge in [-0.3, -0.25) is 4.79 Å². The van der Waals surface area contributed by atoms with E-state index in [0.29, 0.717) is 17.9 Å². The van der Waals surface area contributed by atoms with E-state index in [1.165, 1.54) is 0 Å². The minimum atomic E-state index is -0.522. The largest absolute Gasteiger partial charge is 0.388 e. The van der Waals surface area contributed by atoms with Crippen LogP contribution in [-0.2, 0) is 4.79 Å². The van der Waals surface area contributed by atoms with Crippen LogP contribution in [0.25, 0.3) is 0 Å². The van der Waals surface area contributed by atoms with E-state index >= 15 is 0 Å². The topological polar surface area (TPSA) is 37.3 Å². The van der Waals surface area contributed by atoms with Crippen LogP contribution in [0.5, 0.6) is 0 Å². The number of rotatable bonds is 0. The van der Waals surface area contributed by atoms with Crippen LogP contribution in [0.3, 0.4) is 0 Å². The molecule has 1 aliphatic rings. The van der Waals surface area contributed by atoms with E-state index in [-0.39, 0.29) is 5.78 Å². The highest BCUT2D eigenvalue weighted by atomic mass is 16.3. The summed E-state index contributed by atoms with van der Waals surface area (Å²) in [5, 5.41) is 9.60. The van der Waals surface area contributed by atoms with Gasteiger partial charge in [0.25, 0.3) is 0 Å². The third kappa shape index (κ3) is 1.75. The zero-order valence-electron chi connectivity index (χ0n) is 7.92. The molecule has 0 aromatic carbocycles. The Morgan fingerprint density at radius 2 is 2.08 bits per heavy atom. The molecule has 12 heavy (non-hydrogen) atoms. The third-order valence-corrected chi connectivity index (χ3v) is 2.33. The first kappa shape index (κ1) is 9.46. The fraction of sp³-hybridized carbons (Fsp3) is 0.700. The van der Waals surface area contributed by atoms with Crippen LogP contribution >= 0.6 is 0 Å². The number of carbonyl (C=O) groups is 1. The van der Waals surface area contributed by atoms with Gasteiger partial charge in [0.05, 0.1) is 6.10 Å². The fourth-order valence-electron chi connectivity index (χ4n) is 1.81. The number of carbonyl (C=O) groups excluding carboxylic acids is 1. The second-order valence-corrected chi connectivity index (χ2v) is 3.90. The SMILES string of the molecule is CC(C)=C1C(=O)C[C@H](C)CC1O. The highest BCUT2D eigenvalue weighted by Crippen LogP contribution is 2.27. The van der Waals surface area contributed by atoms with E-state index in [1.807, 2.05) is 20.8 Å². The monoisotopic (exact) mass is 168 g/mol. The molecule has 0 amide bonds. The Balaban J connectivity index is 2.89. The molecule has 0 aromatic heterocycles. The zero-order valence-corrected chi connectivity index (χ0v) is 7.92. The van der Waals surface area contributed by atoms with Gasteiger partial charge in [-0.25, -0.2) is 0 Å². The summed E-state index contributed by atoms with van der Waals surface area (Å²) in [6.45, 7) is 5.77. The standard InChI is InChI=1S/C10H16O2/c1-6(2)10-8(11)4-7(3)5-9(10)12/h7-8,11H,4-5H2,1-3H3/t7-,8?/m1/s1. The van der Waals surface area contributed by atoms with Crippen LogP contribution in [0.2, 0.25) is 0 Å². The Morgan fingerprint density at radius 1 is 1.50 bits per heavy atom. The van der Waals surface area contributed by atoms with Crippen LogP contribution < -0.4 is 0 Å². The highest BCUT2D eigenvalue weighted by molar-refractivity contribution is 5.97. The number of allylic oxidation sites excluding steroid dienone is 1. The van der Waals surface area contributed by atoms with Gasteiger partial charge in [-0.1, -0.05) is 12.5 Å². The summed E-state index contributed by atoms with van der Waals surface area (Å²) in [6.07, 6.45) is 0.801. The lowest BCUT2D eigenvalue weighted by atomic mass is 9.82. The molecule has 1 N–H and O–H groups in total. The molecule has 0 saturated heterocycles. The van der Waals surface area contributed by atoms with E-state index in [0.717, 1.165) is 12.0 Å². The van der Waals surface area contributed by atoms with Crippen molar-refractivity contribution in [3.05, 3.63) is 11.1 Å². The number of hydrogen-bond donors (Lipinski definition) is 1. The third-order valence-electron chi connectivity index (χ3n) is 2.33. The molecule has 1 rings (SSSR count). The highest BCUT2D eigenvalue weighted by Gasteiger charge is 2.28. The summed E-state index contributed by atoms with van der Waals surface area (Å²) < 4.78 is 0. The maximum atomic E-state index is 11.4. The summed E-state index contributed by atoms with van der Waals surface area (Å²) in [5.41, 5.74) is 1.60. The van der Waals surface area contributed by atoms with Gasteiger partial charge in [0, 0.05) is 12.0 Å². The number of Topliss-reactive ketones (excluding diaryl/α,β-unsaturated/α-hetero) is 1. The second-order valence-electron chi connectivity index (χ2n) is 3.90. The van der Waals surface area contributed by atoms with Gasteiger partial charge in [-0.2, -0.15) is 0 Å². The first-order valence-corrected chi connectivity index (χ1v) is 4.41. The molecule has 68 valence electrons. The summed E-state index contributed by atoms with van der Waals surface area (Å²) in [6, 6.07) is 0. The quantitative estimate of drug-likeness (QED) is 0.559. The Labute approximate surface area is 73.3 Å². The molecular weight excluding hydrogens is 152 g/mol. The molecule has 2 atom stereocenters. The summed E-state index contributed by atoms with van der Waals surface area (Å²) >= 11 is 0. The smallest absolute Gasteiger partial charge is 0.161 e. The molecule has 0 radical (unpaired) electrons. The first-order chi connectivity index (χ1) is 5.52. The maximum absolute atomic E-state index is 11.4. The Bertz CT molecular complexity index is 224. The van der Waals surface area contributed by atoms with Gasteiger partial charge in [0.2, 0.25) is 0 Å². The fourth-order valence-corrected chi connectivity index (χ4v) is 1.81. The van der Waals surface area contributed by atoms with Crippen LogP contribution in [-0.4, -0.2) is 17.0 Å². The van der Waals surface area contributed by atoms with Gasteiger partial charge >= 0.3 is 0 Å². The Kier molecular flexibility index (Phi) is 2.68. The van der Waals surface area contributed by atoms with Crippen molar-refractivity contribution in [3.8, 4) is 0 Å². The first-order valence-electron chi connectivity index (χ1n) is 4.41. The van der Waals surface area contributed by atoms with Crippen molar-refractivity contribution >= 4 is 5.78 Å². The number of ketones is 1. The molecule has 0 heterocycles. The zero-order chi connectivity index (χ0) is 9.30. The minimum Gasteiger partial charge on any atom is -0.388 e.